The largest absolute Gasteiger partial charge is 0.341 e. The molecule has 0 bridgehead atoms. The summed E-state index contributed by atoms with van der Waals surface area (Å²) in [6.45, 7) is 3.85. The molecule has 18 heavy (non-hydrogen) atoms. The zero-order valence-corrected chi connectivity index (χ0v) is 11.7. The molecule has 5 heteroatoms. The van der Waals surface area contributed by atoms with Crippen LogP contribution >= 0.6 is 11.8 Å². The van der Waals surface area contributed by atoms with Gasteiger partial charge in [-0.2, -0.15) is 0 Å². The Morgan fingerprint density at radius 2 is 2.06 bits per heavy atom. The predicted molar refractivity (Wildman–Crippen MR) is 71.2 cm³/mol. The van der Waals surface area contributed by atoms with E-state index in [2.05, 4.69) is 6.92 Å². The molecule has 0 radical (unpaired) electrons. The average Bonchev–Trinajstić information content (AvgIpc) is 2.87. The Kier molecular flexibility index (Phi) is 3.04. The summed E-state index contributed by atoms with van der Waals surface area (Å²) in [5.74, 6) is 1.12. The van der Waals surface area contributed by atoms with E-state index >= 15 is 0 Å². The van der Waals surface area contributed by atoms with Gasteiger partial charge in [0, 0.05) is 25.3 Å². The van der Waals surface area contributed by atoms with Crippen molar-refractivity contribution in [3.05, 3.63) is 0 Å². The van der Waals surface area contributed by atoms with Crippen LogP contribution in [0.2, 0.25) is 0 Å². The Labute approximate surface area is 112 Å². The first-order chi connectivity index (χ1) is 8.62. The van der Waals surface area contributed by atoms with Crippen LogP contribution in [0.25, 0.3) is 0 Å². The molecule has 0 aromatic heterocycles. The molecule has 0 spiro atoms. The smallest absolute Gasteiger partial charge is 0.246 e. The minimum atomic E-state index is -0.201. The lowest BCUT2D eigenvalue weighted by atomic mass is 10.1. The number of carbonyl (C=O) groups is 2. The number of rotatable bonds is 1. The molecule has 0 aliphatic carbocycles. The number of fused-ring (bicyclic) bond motifs is 1. The first-order valence-corrected chi connectivity index (χ1v) is 7.85. The van der Waals surface area contributed by atoms with Crippen LogP contribution in [0.15, 0.2) is 0 Å². The summed E-state index contributed by atoms with van der Waals surface area (Å²) in [7, 11) is 0. The molecule has 3 fully saturated rings. The molecule has 3 heterocycles. The van der Waals surface area contributed by atoms with Crippen LogP contribution in [-0.4, -0.2) is 51.4 Å². The lowest BCUT2D eigenvalue weighted by molar-refractivity contribution is -0.144. The highest BCUT2D eigenvalue weighted by molar-refractivity contribution is 8.01. The van der Waals surface area contributed by atoms with Crippen molar-refractivity contribution in [2.24, 2.45) is 0 Å². The van der Waals surface area contributed by atoms with E-state index in [0.717, 1.165) is 38.1 Å². The summed E-state index contributed by atoms with van der Waals surface area (Å²) >= 11 is 1.78. The number of hydrogen-bond donors (Lipinski definition) is 0. The van der Waals surface area contributed by atoms with Crippen molar-refractivity contribution < 1.29 is 9.59 Å². The van der Waals surface area contributed by atoms with Gasteiger partial charge >= 0.3 is 0 Å². The van der Waals surface area contributed by atoms with E-state index in [-0.39, 0.29) is 22.7 Å². The molecule has 0 aromatic carbocycles. The van der Waals surface area contributed by atoms with Gasteiger partial charge in [-0.25, -0.2) is 0 Å². The predicted octanol–water partition coefficient (Wildman–Crippen LogP) is 1.45. The van der Waals surface area contributed by atoms with Gasteiger partial charge in [-0.1, -0.05) is 0 Å². The molecule has 3 aliphatic rings. The summed E-state index contributed by atoms with van der Waals surface area (Å²) in [5.41, 5.74) is 0. The zero-order chi connectivity index (χ0) is 12.8. The van der Waals surface area contributed by atoms with Gasteiger partial charge in [0.1, 0.15) is 6.04 Å². The van der Waals surface area contributed by atoms with E-state index in [0.29, 0.717) is 6.42 Å². The minimum absolute atomic E-state index is 0.118. The van der Waals surface area contributed by atoms with Gasteiger partial charge in [-0.05, 0) is 32.6 Å². The van der Waals surface area contributed by atoms with Gasteiger partial charge in [0.25, 0.3) is 0 Å². The third kappa shape index (κ3) is 1.83. The molecule has 3 saturated heterocycles. The fourth-order valence-electron chi connectivity index (χ4n) is 3.33. The second-order valence-corrected chi connectivity index (χ2v) is 7.15. The van der Waals surface area contributed by atoms with Crippen LogP contribution in [0.4, 0.5) is 0 Å². The van der Waals surface area contributed by atoms with E-state index in [1.807, 2.05) is 9.80 Å². The zero-order valence-electron chi connectivity index (χ0n) is 10.9. The molecule has 2 amide bonds. The van der Waals surface area contributed by atoms with Crippen molar-refractivity contribution in [2.45, 2.75) is 49.9 Å². The molecule has 3 aliphatic heterocycles. The highest BCUT2D eigenvalue weighted by atomic mass is 32.2. The fourth-order valence-corrected chi connectivity index (χ4v) is 4.75. The third-order valence-electron chi connectivity index (χ3n) is 4.40. The van der Waals surface area contributed by atoms with Crippen LogP contribution in [0.1, 0.15) is 39.0 Å². The van der Waals surface area contributed by atoms with Crippen LogP contribution in [-0.2, 0) is 9.59 Å². The molecular formula is C13H20N2O2S. The van der Waals surface area contributed by atoms with Crippen molar-refractivity contribution in [3.63, 3.8) is 0 Å². The molecule has 0 unspecified atom stereocenters. The van der Waals surface area contributed by atoms with Crippen molar-refractivity contribution in [3.8, 4) is 0 Å². The van der Waals surface area contributed by atoms with E-state index in [1.165, 1.54) is 6.42 Å². The summed E-state index contributed by atoms with van der Waals surface area (Å²) in [4.78, 5) is 28.3. The van der Waals surface area contributed by atoms with Crippen LogP contribution in [0, 0.1) is 0 Å². The summed E-state index contributed by atoms with van der Waals surface area (Å²) in [5, 5.41) is 0. The number of piperidine rings is 1. The molecule has 0 aromatic rings. The standard InChI is InChI=1S/C13H20N2O2S/c1-13-6-5-11(16)15(13)10(9-18-13)12(17)14-7-3-2-4-8-14/h10H,2-9H2,1H3/t10-,13+/m0/s1. The Hall–Kier alpha value is -0.710. The topological polar surface area (TPSA) is 40.6 Å². The highest BCUT2D eigenvalue weighted by Gasteiger charge is 2.53. The van der Waals surface area contributed by atoms with Crippen LogP contribution < -0.4 is 0 Å². The maximum absolute atomic E-state index is 12.5. The Morgan fingerprint density at radius 3 is 2.78 bits per heavy atom. The van der Waals surface area contributed by atoms with Gasteiger partial charge in [0.2, 0.25) is 11.8 Å². The Morgan fingerprint density at radius 1 is 1.33 bits per heavy atom. The Bertz CT molecular complexity index is 381. The number of amides is 2. The summed E-state index contributed by atoms with van der Waals surface area (Å²) < 4.78 is 0. The van der Waals surface area contributed by atoms with Gasteiger partial charge in [0.05, 0.1) is 4.87 Å². The molecule has 0 N–H and O–H groups in total. The number of nitrogens with zero attached hydrogens (tertiary/aromatic N) is 2. The van der Waals surface area contributed by atoms with Crippen molar-refractivity contribution in [1.29, 1.82) is 0 Å². The van der Waals surface area contributed by atoms with Crippen molar-refractivity contribution in [2.75, 3.05) is 18.8 Å². The third-order valence-corrected chi connectivity index (χ3v) is 5.90. The van der Waals surface area contributed by atoms with E-state index < -0.39 is 0 Å². The first kappa shape index (κ1) is 12.3. The first-order valence-electron chi connectivity index (χ1n) is 6.87. The second kappa shape index (κ2) is 4.44. The van der Waals surface area contributed by atoms with Gasteiger partial charge < -0.3 is 9.80 Å². The quantitative estimate of drug-likeness (QED) is 0.723. The van der Waals surface area contributed by atoms with E-state index in [4.69, 9.17) is 0 Å². The summed E-state index contributed by atoms with van der Waals surface area (Å²) in [6.07, 6.45) is 4.94. The van der Waals surface area contributed by atoms with Gasteiger partial charge in [-0.15, -0.1) is 11.8 Å². The van der Waals surface area contributed by atoms with Gasteiger partial charge in [0.15, 0.2) is 0 Å². The number of hydrogen-bond acceptors (Lipinski definition) is 3. The number of likely N-dealkylation sites (tertiary alicyclic amines) is 1. The lowest BCUT2D eigenvalue weighted by Crippen LogP contribution is -2.52. The van der Waals surface area contributed by atoms with Crippen molar-refractivity contribution in [1.82, 2.24) is 9.80 Å². The summed E-state index contributed by atoms with van der Waals surface area (Å²) in [6, 6.07) is -0.201. The Balaban J connectivity index is 1.76. The monoisotopic (exact) mass is 268 g/mol. The highest BCUT2D eigenvalue weighted by Crippen LogP contribution is 2.47. The van der Waals surface area contributed by atoms with E-state index in [9.17, 15) is 9.59 Å². The minimum Gasteiger partial charge on any atom is -0.341 e. The second-order valence-electron chi connectivity index (χ2n) is 5.65. The number of carbonyl (C=O) groups excluding carboxylic acids is 2. The molecule has 0 saturated carbocycles. The molecule has 100 valence electrons. The van der Waals surface area contributed by atoms with Crippen LogP contribution in [0.3, 0.4) is 0 Å². The fraction of sp³-hybridized carbons (Fsp3) is 0.846. The van der Waals surface area contributed by atoms with Crippen LogP contribution in [0.5, 0.6) is 0 Å². The maximum atomic E-state index is 12.5. The lowest BCUT2D eigenvalue weighted by Gasteiger charge is -2.34. The average molecular weight is 268 g/mol. The molecule has 2 atom stereocenters. The molecular weight excluding hydrogens is 248 g/mol. The molecule has 3 rings (SSSR count). The SMILES string of the molecule is C[C@@]12CCC(=O)N1[C@H](C(=O)N1CCCCC1)CS2. The maximum Gasteiger partial charge on any atom is 0.246 e. The van der Waals surface area contributed by atoms with E-state index in [1.54, 1.807) is 11.8 Å². The number of thioether (sulfide) groups is 1. The van der Waals surface area contributed by atoms with Gasteiger partial charge in [-0.3, -0.25) is 9.59 Å². The van der Waals surface area contributed by atoms with Crippen molar-refractivity contribution >= 4 is 23.6 Å². The molecule has 4 nitrogen and oxygen atoms in total. The normalized spacial score (nSPS) is 36.1.